The molecule has 4 nitrogen and oxygen atoms in total. The number of carbonyl (C=O) groups is 2. The van der Waals surface area contributed by atoms with Crippen LogP contribution in [0.4, 0.5) is 0 Å². The second-order valence-electron chi connectivity index (χ2n) is 5.37. The van der Waals surface area contributed by atoms with Crippen LogP contribution >= 0.6 is 0 Å². The lowest BCUT2D eigenvalue weighted by atomic mass is 9.82. The van der Waals surface area contributed by atoms with Crippen LogP contribution in [-0.2, 0) is 9.59 Å². The molecule has 1 amide bonds. The summed E-state index contributed by atoms with van der Waals surface area (Å²) < 4.78 is 0. The molecule has 3 aliphatic rings. The maximum absolute atomic E-state index is 12.4. The molecule has 92 valence electrons. The highest BCUT2D eigenvalue weighted by molar-refractivity contribution is 5.87. The van der Waals surface area contributed by atoms with Crippen molar-refractivity contribution in [2.24, 2.45) is 23.7 Å². The average Bonchev–Trinajstić information content (AvgIpc) is 3.02. The Morgan fingerprint density at radius 3 is 2.24 bits per heavy atom. The fraction of sp³-hybridized carbons (Fsp3) is 0.692. The Balaban J connectivity index is 1.83. The molecule has 2 fully saturated rings. The second-order valence-corrected chi connectivity index (χ2v) is 5.37. The number of aliphatic carboxylic acids is 1. The summed E-state index contributed by atoms with van der Waals surface area (Å²) in [4.78, 5) is 25.6. The second kappa shape index (κ2) is 3.86. The predicted octanol–water partition coefficient (Wildman–Crippen LogP) is 1.13. The Labute approximate surface area is 100 Å². The number of rotatable bonds is 2. The van der Waals surface area contributed by atoms with Crippen molar-refractivity contribution in [3.8, 4) is 0 Å². The van der Waals surface area contributed by atoms with E-state index in [1.54, 1.807) is 0 Å². The molecule has 0 aromatic heterocycles. The van der Waals surface area contributed by atoms with Crippen LogP contribution in [0, 0.1) is 23.7 Å². The van der Waals surface area contributed by atoms with E-state index in [1.165, 1.54) is 0 Å². The van der Waals surface area contributed by atoms with E-state index in [1.807, 2.05) is 17.1 Å². The zero-order chi connectivity index (χ0) is 12.0. The van der Waals surface area contributed by atoms with Gasteiger partial charge in [-0.3, -0.25) is 9.59 Å². The van der Waals surface area contributed by atoms with E-state index in [0.717, 1.165) is 32.4 Å². The summed E-state index contributed by atoms with van der Waals surface area (Å²) in [6.45, 7) is 1.62. The number of likely N-dealkylation sites (tertiary alicyclic amines) is 1. The highest BCUT2D eigenvalue weighted by atomic mass is 16.4. The maximum atomic E-state index is 12.4. The molecule has 17 heavy (non-hydrogen) atoms. The number of nitrogens with zero attached hydrogens (tertiary/aromatic N) is 1. The topological polar surface area (TPSA) is 57.6 Å². The molecule has 4 heteroatoms. The van der Waals surface area contributed by atoms with Gasteiger partial charge in [-0.1, -0.05) is 12.2 Å². The molecule has 0 unspecified atom stereocenters. The van der Waals surface area contributed by atoms with Crippen LogP contribution in [0.25, 0.3) is 0 Å². The van der Waals surface area contributed by atoms with Crippen molar-refractivity contribution in [3.63, 3.8) is 0 Å². The summed E-state index contributed by atoms with van der Waals surface area (Å²) in [5.41, 5.74) is 0. The molecular weight excluding hydrogens is 218 g/mol. The molecule has 1 saturated heterocycles. The van der Waals surface area contributed by atoms with E-state index >= 15 is 0 Å². The first kappa shape index (κ1) is 10.8. The standard InChI is InChI=1S/C13H17NO3/c15-12(14-5-1-2-6-14)10-8-3-4-9(7-8)11(10)13(16)17/h3-4,8-11H,1-2,5-7H2,(H,16,17)/t8-,9-,10+,11+/m0/s1. The van der Waals surface area contributed by atoms with Crippen LogP contribution in [0.1, 0.15) is 19.3 Å². The number of fused-ring (bicyclic) bond motifs is 2. The van der Waals surface area contributed by atoms with Crippen LogP contribution < -0.4 is 0 Å². The molecule has 2 aliphatic carbocycles. The van der Waals surface area contributed by atoms with Gasteiger partial charge in [0.05, 0.1) is 11.8 Å². The van der Waals surface area contributed by atoms with Gasteiger partial charge in [0.25, 0.3) is 0 Å². The van der Waals surface area contributed by atoms with E-state index in [0.29, 0.717) is 0 Å². The van der Waals surface area contributed by atoms with Gasteiger partial charge in [0.1, 0.15) is 0 Å². The maximum Gasteiger partial charge on any atom is 0.307 e. The van der Waals surface area contributed by atoms with Gasteiger partial charge in [0.15, 0.2) is 0 Å². The number of carboxylic acid groups (broad SMARTS) is 1. The minimum Gasteiger partial charge on any atom is -0.481 e. The van der Waals surface area contributed by atoms with Gasteiger partial charge < -0.3 is 10.0 Å². The Morgan fingerprint density at radius 2 is 1.65 bits per heavy atom. The van der Waals surface area contributed by atoms with Crippen molar-refractivity contribution in [2.75, 3.05) is 13.1 Å². The van der Waals surface area contributed by atoms with Crippen LogP contribution in [0.5, 0.6) is 0 Å². The van der Waals surface area contributed by atoms with Crippen molar-refractivity contribution in [1.29, 1.82) is 0 Å². The van der Waals surface area contributed by atoms with Gasteiger partial charge in [0, 0.05) is 13.1 Å². The SMILES string of the molecule is O=C(O)[C@H]1[C@H](C(=O)N2CCCC2)[C@H]2C=C[C@H]1C2. The lowest BCUT2D eigenvalue weighted by molar-refractivity contribution is -0.150. The number of hydrogen-bond acceptors (Lipinski definition) is 2. The molecule has 3 rings (SSSR count). The van der Waals surface area contributed by atoms with Gasteiger partial charge >= 0.3 is 5.97 Å². The van der Waals surface area contributed by atoms with Gasteiger partial charge in [-0.2, -0.15) is 0 Å². The van der Waals surface area contributed by atoms with Crippen LogP contribution in [0.15, 0.2) is 12.2 Å². The molecule has 0 radical (unpaired) electrons. The van der Waals surface area contributed by atoms with Crippen LogP contribution in [-0.4, -0.2) is 35.0 Å². The fourth-order valence-electron chi connectivity index (χ4n) is 3.64. The zero-order valence-electron chi connectivity index (χ0n) is 9.71. The van der Waals surface area contributed by atoms with Crippen LogP contribution in [0.2, 0.25) is 0 Å². The molecule has 0 spiro atoms. The molecule has 4 atom stereocenters. The summed E-state index contributed by atoms with van der Waals surface area (Å²) in [6, 6.07) is 0. The molecular formula is C13H17NO3. The largest absolute Gasteiger partial charge is 0.481 e. The lowest BCUT2D eigenvalue weighted by Crippen LogP contribution is -2.41. The van der Waals surface area contributed by atoms with E-state index in [-0.39, 0.29) is 23.7 Å². The summed E-state index contributed by atoms with van der Waals surface area (Å²) in [7, 11) is 0. The summed E-state index contributed by atoms with van der Waals surface area (Å²) in [5, 5.41) is 9.29. The number of amides is 1. The van der Waals surface area contributed by atoms with Gasteiger partial charge in [-0.05, 0) is 31.1 Å². The quantitative estimate of drug-likeness (QED) is 0.730. The molecule has 1 saturated carbocycles. The Hall–Kier alpha value is -1.32. The smallest absolute Gasteiger partial charge is 0.307 e. The van der Waals surface area contributed by atoms with Crippen molar-refractivity contribution in [1.82, 2.24) is 4.90 Å². The molecule has 1 N–H and O–H groups in total. The highest BCUT2D eigenvalue weighted by Crippen LogP contribution is 2.48. The lowest BCUT2D eigenvalue weighted by Gasteiger charge is -2.28. The summed E-state index contributed by atoms with van der Waals surface area (Å²) >= 11 is 0. The first-order valence-corrected chi connectivity index (χ1v) is 6.38. The van der Waals surface area contributed by atoms with Crippen molar-refractivity contribution < 1.29 is 14.7 Å². The number of carboxylic acids is 1. The molecule has 2 bridgehead atoms. The Kier molecular flexibility index (Phi) is 2.45. The minimum absolute atomic E-state index is 0.0757. The van der Waals surface area contributed by atoms with E-state index in [2.05, 4.69) is 0 Å². The third-order valence-electron chi connectivity index (χ3n) is 4.45. The van der Waals surface area contributed by atoms with E-state index < -0.39 is 11.9 Å². The zero-order valence-corrected chi connectivity index (χ0v) is 9.71. The monoisotopic (exact) mass is 235 g/mol. The molecule has 1 aliphatic heterocycles. The van der Waals surface area contributed by atoms with Crippen molar-refractivity contribution in [2.45, 2.75) is 19.3 Å². The third kappa shape index (κ3) is 1.58. The number of carbonyl (C=O) groups excluding carboxylic acids is 1. The predicted molar refractivity (Wildman–Crippen MR) is 61.2 cm³/mol. The summed E-state index contributed by atoms with van der Waals surface area (Å²) in [5.74, 6) is -1.28. The van der Waals surface area contributed by atoms with E-state index in [4.69, 9.17) is 0 Å². The van der Waals surface area contributed by atoms with Crippen molar-refractivity contribution >= 4 is 11.9 Å². The van der Waals surface area contributed by atoms with Gasteiger partial charge in [-0.25, -0.2) is 0 Å². The first-order valence-electron chi connectivity index (χ1n) is 6.38. The molecule has 1 heterocycles. The Bertz CT molecular complexity index is 384. The highest BCUT2D eigenvalue weighted by Gasteiger charge is 2.52. The first-order chi connectivity index (χ1) is 8.18. The van der Waals surface area contributed by atoms with Crippen molar-refractivity contribution in [3.05, 3.63) is 12.2 Å². The molecule has 0 aromatic carbocycles. The fourth-order valence-corrected chi connectivity index (χ4v) is 3.64. The Morgan fingerprint density at radius 1 is 1.06 bits per heavy atom. The van der Waals surface area contributed by atoms with E-state index in [9.17, 15) is 14.7 Å². The van der Waals surface area contributed by atoms with Crippen LogP contribution in [0.3, 0.4) is 0 Å². The summed E-state index contributed by atoms with van der Waals surface area (Å²) in [6.07, 6.45) is 6.99. The van der Waals surface area contributed by atoms with Gasteiger partial charge in [0.2, 0.25) is 5.91 Å². The molecule has 0 aromatic rings. The third-order valence-corrected chi connectivity index (χ3v) is 4.45. The number of allylic oxidation sites excluding steroid dienone is 2. The average molecular weight is 235 g/mol. The normalized spacial score (nSPS) is 38.9. The minimum atomic E-state index is -0.806. The number of hydrogen-bond donors (Lipinski definition) is 1. The van der Waals surface area contributed by atoms with Gasteiger partial charge in [-0.15, -0.1) is 0 Å².